The van der Waals surface area contributed by atoms with E-state index in [0.29, 0.717) is 0 Å². The van der Waals surface area contributed by atoms with Crippen LogP contribution in [-0.4, -0.2) is 61.5 Å². The molecule has 0 saturated carbocycles. The Morgan fingerprint density at radius 1 is 0.676 bits per heavy atom. The van der Waals surface area contributed by atoms with E-state index in [0.717, 1.165) is 0 Å². The van der Waals surface area contributed by atoms with Crippen LogP contribution in [0.15, 0.2) is 18.2 Å². The summed E-state index contributed by atoms with van der Waals surface area (Å²) in [5, 5.41) is 0.0933. The summed E-state index contributed by atoms with van der Waals surface area (Å²) in [7, 11) is 6.64. The molecule has 0 N–H and O–H groups in total. The maximum absolute atomic E-state index is 12.6. The van der Waals surface area contributed by atoms with E-state index in [4.69, 9.17) is 56.4 Å². The second-order valence-corrected chi connectivity index (χ2v) is 6.76. The molecule has 2 heterocycles. The standard InChI is InChI=1S/C20H18Cl2N4O8/c1-28-14-12(21)15(29-2)24-19(23-14)33-9-7-6-8-10(11(9)18(27)32-5)34-20-25-16(30-3)13(22)17(26-20)31-4/h6-8H,1-5H3. The molecule has 0 atom stereocenters. The van der Waals surface area contributed by atoms with E-state index in [2.05, 4.69) is 19.9 Å². The summed E-state index contributed by atoms with van der Waals surface area (Å²) in [5.74, 6) is -0.791. The van der Waals surface area contributed by atoms with Gasteiger partial charge < -0.3 is 33.2 Å². The molecule has 3 rings (SSSR count). The van der Waals surface area contributed by atoms with Crippen LogP contribution in [0, 0.1) is 0 Å². The molecule has 0 unspecified atom stereocenters. The van der Waals surface area contributed by atoms with E-state index in [9.17, 15) is 4.79 Å². The van der Waals surface area contributed by atoms with Crippen molar-refractivity contribution in [3.8, 4) is 47.0 Å². The number of benzene rings is 1. The SMILES string of the molecule is COC(=O)c1c(Oc2nc(OC)c(Cl)c(OC)n2)cccc1Oc1nc(OC)c(Cl)c(OC)n1. The Hall–Kier alpha value is -3.77. The van der Waals surface area contributed by atoms with Crippen molar-refractivity contribution in [1.82, 2.24) is 19.9 Å². The van der Waals surface area contributed by atoms with Crippen LogP contribution < -0.4 is 28.4 Å². The molecule has 34 heavy (non-hydrogen) atoms. The van der Waals surface area contributed by atoms with Crippen LogP contribution in [0.4, 0.5) is 0 Å². The molecule has 1 aromatic carbocycles. The van der Waals surface area contributed by atoms with Crippen LogP contribution in [0.1, 0.15) is 10.4 Å². The lowest BCUT2D eigenvalue weighted by Crippen LogP contribution is -2.08. The van der Waals surface area contributed by atoms with E-state index in [-0.39, 0.29) is 62.6 Å². The van der Waals surface area contributed by atoms with Gasteiger partial charge in [0.15, 0.2) is 10.0 Å². The van der Waals surface area contributed by atoms with E-state index in [1.807, 2.05) is 0 Å². The number of nitrogens with zero attached hydrogens (tertiary/aromatic N) is 4. The van der Waals surface area contributed by atoms with Crippen molar-refractivity contribution in [3.05, 3.63) is 33.8 Å². The smallest absolute Gasteiger partial charge is 0.345 e. The summed E-state index contributed by atoms with van der Waals surface area (Å²) < 4.78 is 36.8. The Morgan fingerprint density at radius 2 is 1.03 bits per heavy atom. The van der Waals surface area contributed by atoms with E-state index < -0.39 is 5.97 Å². The number of hydrogen-bond acceptors (Lipinski definition) is 12. The molecular weight excluding hydrogens is 495 g/mol. The van der Waals surface area contributed by atoms with Gasteiger partial charge in [-0.05, 0) is 12.1 Å². The van der Waals surface area contributed by atoms with Crippen LogP contribution in [0.25, 0.3) is 0 Å². The van der Waals surface area contributed by atoms with Crippen LogP contribution in [-0.2, 0) is 4.74 Å². The summed E-state index contributed by atoms with van der Waals surface area (Å²) in [6, 6.07) is 4.06. The zero-order valence-corrected chi connectivity index (χ0v) is 20.1. The lowest BCUT2D eigenvalue weighted by atomic mass is 10.2. The third kappa shape index (κ3) is 5.07. The quantitative estimate of drug-likeness (QED) is 0.383. The monoisotopic (exact) mass is 512 g/mol. The largest absolute Gasteiger partial charge is 0.480 e. The normalized spacial score (nSPS) is 10.3. The highest BCUT2D eigenvalue weighted by atomic mass is 35.5. The highest BCUT2D eigenvalue weighted by Crippen LogP contribution is 2.38. The summed E-state index contributed by atoms with van der Waals surface area (Å²) in [6.45, 7) is 0. The van der Waals surface area contributed by atoms with Gasteiger partial charge >= 0.3 is 18.0 Å². The number of carbonyl (C=O) groups excluding carboxylic acids is 1. The van der Waals surface area contributed by atoms with Crippen molar-refractivity contribution in [2.75, 3.05) is 35.5 Å². The van der Waals surface area contributed by atoms with Crippen LogP contribution >= 0.6 is 23.2 Å². The maximum atomic E-state index is 12.6. The average molecular weight is 513 g/mol. The predicted molar refractivity (Wildman–Crippen MR) is 118 cm³/mol. The van der Waals surface area contributed by atoms with Crippen molar-refractivity contribution in [3.63, 3.8) is 0 Å². The lowest BCUT2D eigenvalue weighted by molar-refractivity contribution is 0.0594. The molecule has 0 bridgehead atoms. The molecule has 0 spiro atoms. The molecule has 0 aliphatic rings. The Labute approximate surface area is 203 Å². The second-order valence-electron chi connectivity index (χ2n) is 6.00. The molecule has 180 valence electrons. The third-order valence-electron chi connectivity index (χ3n) is 4.09. The third-order valence-corrected chi connectivity index (χ3v) is 4.74. The van der Waals surface area contributed by atoms with Gasteiger partial charge in [0.05, 0.1) is 35.5 Å². The molecule has 0 radical (unpaired) electrons. The zero-order chi connectivity index (χ0) is 24.8. The van der Waals surface area contributed by atoms with Crippen molar-refractivity contribution in [2.24, 2.45) is 0 Å². The van der Waals surface area contributed by atoms with Crippen molar-refractivity contribution in [1.29, 1.82) is 0 Å². The maximum Gasteiger partial charge on any atom is 0.345 e. The van der Waals surface area contributed by atoms with Crippen molar-refractivity contribution in [2.45, 2.75) is 0 Å². The number of carbonyl (C=O) groups is 1. The summed E-state index contributed by atoms with van der Waals surface area (Å²) in [6.07, 6.45) is 0. The first-order valence-corrected chi connectivity index (χ1v) is 10.00. The molecule has 0 saturated heterocycles. The number of halogens is 2. The number of rotatable bonds is 9. The number of aromatic nitrogens is 4. The molecule has 14 heteroatoms. The van der Waals surface area contributed by atoms with Gasteiger partial charge in [-0.25, -0.2) is 4.79 Å². The van der Waals surface area contributed by atoms with E-state index in [1.54, 1.807) is 6.07 Å². The minimum Gasteiger partial charge on any atom is -0.480 e. The lowest BCUT2D eigenvalue weighted by Gasteiger charge is -2.15. The van der Waals surface area contributed by atoms with Crippen LogP contribution in [0.5, 0.6) is 47.0 Å². The fraction of sp³-hybridized carbons (Fsp3) is 0.250. The molecule has 0 aliphatic heterocycles. The molecule has 0 amide bonds. The first-order chi connectivity index (χ1) is 16.4. The van der Waals surface area contributed by atoms with Gasteiger partial charge in [0.1, 0.15) is 17.1 Å². The molecule has 0 fully saturated rings. The Bertz CT molecular complexity index is 1080. The minimum atomic E-state index is -0.786. The topological polar surface area (TPSA) is 133 Å². The highest BCUT2D eigenvalue weighted by Gasteiger charge is 2.24. The molecule has 2 aromatic heterocycles. The molecule has 12 nitrogen and oxygen atoms in total. The van der Waals surface area contributed by atoms with Gasteiger partial charge in [0, 0.05) is 0 Å². The Morgan fingerprint density at radius 3 is 1.32 bits per heavy atom. The zero-order valence-electron chi connectivity index (χ0n) is 18.5. The van der Waals surface area contributed by atoms with Gasteiger partial charge in [0.25, 0.3) is 0 Å². The summed E-state index contributed by atoms with van der Waals surface area (Å²) in [4.78, 5) is 28.9. The predicted octanol–water partition coefficient (Wildman–Crippen LogP) is 3.98. The Kier molecular flexibility index (Phi) is 7.97. The second kappa shape index (κ2) is 10.9. The Balaban J connectivity index is 2.07. The van der Waals surface area contributed by atoms with Crippen LogP contribution in [0.2, 0.25) is 10.0 Å². The summed E-state index contributed by atoms with van der Waals surface area (Å²) in [5.41, 5.74) is -0.113. The fourth-order valence-corrected chi connectivity index (χ4v) is 3.07. The van der Waals surface area contributed by atoms with Crippen molar-refractivity contribution < 1.29 is 38.0 Å². The van der Waals surface area contributed by atoms with Gasteiger partial charge in [-0.3, -0.25) is 0 Å². The van der Waals surface area contributed by atoms with Gasteiger partial charge in [-0.2, -0.15) is 19.9 Å². The van der Waals surface area contributed by atoms with Gasteiger partial charge in [0.2, 0.25) is 23.5 Å². The van der Waals surface area contributed by atoms with Gasteiger partial charge in [-0.1, -0.05) is 29.3 Å². The number of esters is 1. The van der Waals surface area contributed by atoms with Crippen molar-refractivity contribution >= 4 is 29.2 Å². The fourth-order valence-electron chi connectivity index (χ4n) is 2.59. The minimum absolute atomic E-state index is 0.00398. The van der Waals surface area contributed by atoms with E-state index in [1.165, 1.54) is 47.7 Å². The highest BCUT2D eigenvalue weighted by molar-refractivity contribution is 6.33. The number of hydrogen-bond donors (Lipinski definition) is 0. The average Bonchev–Trinajstić information content (AvgIpc) is 2.85. The molecule has 3 aromatic rings. The molecule has 0 aliphatic carbocycles. The first kappa shape index (κ1) is 24.9. The van der Waals surface area contributed by atoms with Gasteiger partial charge in [-0.15, -0.1) is 0 Å². The number of methoxy groups -OCH3 is 5. The summed E-state index contributed by atoms with van der Waals surface area (Å²) >= 11 is 12.2. The number of ether oxygens (including phenoxy) is 7. The van der Waals surface area contributed by atoms with E-state index >= 15 is 0 Å². The van der Waals surface area contributed by atoms with Crippen LogP contribution in [0.3, 0.4) is 0 Å². The first-order valence-electron chi connectivity index (χ1n) is 9.24. The molecular formula is C20H18Cl2N4O8.